The molecule has 0 bridgehead atoms. The van der Waals surface area contributed by atoms with Crippen molar-refractivity contribution < 1.29 is 9.90 Å². The van der Waals surface area contributed by atoms with Gasteiger partial charge in [0.1, 0.15) is 0 Å². The highest BCUT2D eigenvalue weighted by Gasteiger charge is 2.13. The predicted octanol–water partition coefficient (Wildman–Crippen LogP) is 3.05. The number of aliphatic carboxylic acids is 1. The van der Waals surface area contributed by atoms with Gasteiger partial charge in [-0.15, -0.1) is 6.58 Å². The molecule has 0 unspecified atom stereocenters. The number of hydrogen-bond acceptors (Lipinski definition) is 3. The van der Waals surface area contributed by atoms with Crippen molar-refractivity contribution in [2.45, 2.75) is 11.7 Å². The lowest BCUT2D eigenvalue weighted by Crippen LogP contribution is -2.02. The first-order valence-corrected chi connectivity index (χ1v) is 6.60. The van der Waals surface area contributed by atoms with Crippen molar-refractivity contribution in [3.8, 4) is 0 Å². The molecule has 0 aliphatic carbocycles. The van der Waals surface area contributed by atoms with Crippen LogP contribution in [0.2, 0.25) is 5.02 Å². The van der Waals surface area contributed by atoms with Gasteiger partial charge in [0.15, 0.2) is 5.16 Å². The fourth-order valence-corrected chi connectivity index (χ4v) is 2.66. The van der Waals surface area contributed by atoms with Crippen LogP contribution in [0.25, 0.3) is 11.0 Å². The van der Waals surface area contributed by atoms with Gasteiger partial charge in [-0.3, -0.25) is 4.79 Å². The molecular formula is C12H11ClN2O2S. The van der Waals surface area contributed by atoms with E-state index in [1.54, 1.807) is 12.1 Å². The Morgan fingerprint density at radius 3 is 3.06 bits per heavy atom. The highest BCUT2D eigenvalue weighted by Crippen LogP contribution is 2.29. The third kappa shape index (κ3) is 2.52. The summed E-state index contributed by atoms with van der Waals surface area (Å²) in [6, 6.07) is 5.46. The number of thioether (sulfide) groups is 1. The van der Waals surface area contributed by atoms with Crippen LogP contribution >= 0.6 is 23.4 Å². The average Bonchev–Trinajstić information content (AvgIpc) is 2.67. The number of carbonyl (C=O) groups is 1. The zero-order valence-electron chi connectivity index (χ0n) is 9.47. The highest BCUT2D eigenvalue weighted by molar-refractivity contribution is 7.99. The molecule has 2 aromatic rings. The van der Waals surface area contributed by atoms with E-state index in [4.69, 9.17) is 16.7 Å². The van der Waals surface area contributed by atoms with Gasteiger partial charge in [-0.1, -0.05) is 35.5 Å². The zero-order chi connectivity index (χ0) is 13.1. The molecule has 0 saturated carbocycles. The summed E-state index contributed by atoms with van der Waals surface area (Å²) in [7, 11) is 0. The number of halogens is 1. The highest BCUT2D eigenvalue weighted by atomic mass is 35.5. The number of rotatable bonds is 5. The third-order valence-electron chi connectivity index (χ3n) is 2.32. The number of aromatic nitrogens is 2. The van der Waals surface area contributed by atoms with Crippen molar-refractivity contribution in [1.29, 1.82) is 0 Å². The van der Waals surface area contributed by atoms with Crippen molar-refractivity contribution in [3.05, 3.63) is 35.9 Å². The first kappa shape index (κ1) is 13.0. The number of carboxylic acids is 1. The number of nitrogens with zero attached hydrogens (tertiary/aromatic N) is 2. The topological polar surface area (TPSA) is 55.1 Å². The molecular weight excluding hydrogens is 272 g/mol. The van der Waals surface area contributed by atoms with Crippen LogP contribution in [0.3, 0.4) is 0 Å². The van der Waals surface area contributed by atoms with E-state index in [9.17, 15) is 4.79 Å². The summed E-state index contributed by atoms with van der Waals surface area (Å²) in [6.45, 7) is 4.23. The number of fused-ring (bicyclic) bond motifs is 1. The summed E-state index contributed by atoms with van der Waals surface area (Å²) >= 11 is 7.33. The van der Waals surface area contributed by atoms with Gasteiger partial charge >= 0.3 is 5.97 Å². The Balaban J connectivity index is 2.51. The van der Waals surface area contributed by atoms with Crippen LogP contribution in [0, 0.1) is 0 Å². The van der Waals surface area contributed by atoms with Crippen LogP contribution in [0.4, 0.5) is 0 Å². The van der Waals surface area contributed by atoms with E-state index in [1.165, 1.54) is 11.8 Å². The molecule has 6 heteroatoms. The monoisotopic (exact) mass is 282 g/mol. The molecule has 0 amide bonds. The molecule has 18 heavy (non-hydrogen) atoms. The van der Waals surface area contributed by atoms with E-state index in [-0.39, 0.29) is 5.75 Å². The Bertz CT molecular complexity index is 609. The predicted molar refractivity (Wildman–Crippen MR) is 73.3 cm³/mol. The fraction of sp³-hybridized carbons (Fsp3) is 0.167. The van der Waals surface area contributed by atoms with Gasteiger partial charge in [0, 0.05) is 6.54 Å². The zero-order valence-corrected chi connectivity index (χ0v) is 11.0. The van der Waals surface area contributed by atoms with Crippen LogP contribution in [-0.4, -0.2) is 26.4 Å². The summed E-state index contributed by atoms with van der Waals surface area (Å²) < 4.78 is 1.87. The van der Waals surface area contributed by atoms with Crippen molar-refractivity contribution in [1.82, 2.24) is 9.55 Å². The number of allylic oxidation sites excluding steroid dienone is 1. The first-order valence-electron chi connectivity index (χ1n) is 5.23. The molecule has 1 aromatic carbocycles. The fourth-order valence-electron chi connectivity index (χ4n) is 1.66. The van der Waals surface area contributed by atoms with Crippen molar-refractivity contribution in [2.24, 2.45) is 0 Å². The lowest BCUT2D eigenvalue weighted by atomic mass is 10.3. The number of hydrogen-bond donors (Lipinski definition) is 1. The first-order chi connectivity index (χ1) is 8.63. The van der Waals surface area contributed by atoms with Gasteiger partial charge in [0.25, 0.3) is 0 Å². The second-order valence-electron chi connectivity index (χ2n) is 3.58. The molecule has 94 valence electrons. The standard InChI is InChI=1S/C12H11ClN2O2S/c1-2-6-15-11-8(13)4-3-5-9(11)14-12(15)18-7-10(16)17/h2-5H,1,6-7H2,(H,16,17). The number of benzene rings is 1. The molecule has 0 saturated heterocycles. The molecule has 0 fully saturated rings. The molecule has 0 radical (unpaired) electrons. The van der Waals surface area contributed by atoms with Gasteiger partial charge in [-0.2, -0.15) is 0 Å². The maximum atomic E-state index is 10.6. The van der Waals surface area contributed by atoms with Crippen LogP contribution in [0.15, 0.2) is 36.0 Å². The van der Waals surface area contributed by atoms with Crippen LogP contribution in [0.5, 0.6) is 0 Å². The Kier molecular flexibility index (Phi) is 3.93. The average molecular weight is 283 g/mol. The smallest absolute Gasteiger partial charge is 0.313 e. The normalized spacial score (nSPS) is 10.7. The van der Waals surface area contributed by atoms with Crippen LogP contribution in [-0.2, 0) is 11.3 Å². The quantitative estimate of drug-likeness (QED) is 0.676. The van der Waals surface area contributed by atoms with Gasteiger partial charge < -0.3 is 9.67 Å². The summed E-state index contributed by atoms with van der Waals surface area (Å²) in [4.78, 5) is 15.0. The van der Waals surface area contributed by atoms with E-state index >= 15 is 0 Å². The van der Waals surface area contributed by atoms with Crippen LogP contribution in [0.1, 0.15) is 0 Å². The van der Waals surface area contributed by atoms with Crippen molar-refractivity contribution in [2.75, 3.05) is 5.75 Å². The molecule has 0 atom stereocenters. The van der Waals surface area contributed by atoms with E-state index < -0.39 is 5.97 Å². The Labute approximate surface area is 113 Å². The second kappa shape index (κ2) is 5.46. The van der Waals surface area contributed by atoms with Crippen molar-refractivity contribution in [3.63, 3.8) is 0 Å². The minimum absolute atomic E-state index is 0.0297. The van der Waals surface area contributed by atoms with E-state index in [2.05, 4.69) is 11.6 Å². The minimum atomic E-state index is -0.872. The summed E-state index contributed by atoms with van der Waals surface area (Å²) in [5, 5.41) is 9.96. The van der Waals surface area contributed by atoms with Gasteiger partial charge in [0.2, 0.25) is 0 Å². The molecule has 2 rings (SSSR count). The third-order valence-corrected chi connectivity index (χ3v) is 3.58. The summed E-state index contributed by atoms with van der Waals surface area (Å²) in [6.07, 6.45) is 1.73. The van der Waals surface area contributed by atoms with E-state index in [1.807, 2.05) is 16.7 Å². The maximum absolute atomic E-state index is 10.6. The maximum Gasteiger partial charge on any atom is 0.313 e. The summed E-state index contributed by atoms with van der Waals surface area (Å²) in [5.41, 5.74) is 1.57. The van der Waals surface area contributed by atoms with Crippen molar-refractivity contribution >= 4 is 40.4 Å². The number of carboxylic acid groups (broad SMARTS) is 1. The SMILES string of the molecule is C=CCn1c(SCC(=O)O)nc2cccc(Cl)c21. The Morgan fingerprint density at radius 1 is 1.61 bits per heavy atom. The Morgan fingerprint density at radius 2 is 2.39 bits per heavy atom. The molecule has 0 spiro atoms. The lowest BCUT2D eigenvalue weighted by Gasteiger charge is -2.05. The molecule has 1 heterocycles. The van der Waals surface area contributed by atoms with Gasteiger partial charge in [-0.05, 0) is 12.1 Å². The molecule has 1 N–H and O–H groups in total. The molecule has 1 aromatic heterocycles. The lowest BCUT2D eigenvalue weighted by molar-refractivity contribution is -0.133. The number of para-hydroxylation sites is 1. The summed E-state index contributed by atoms with van der Waals surface area (Å²) in [5.74, 6) is -0.902. The molecule has 4 nitrogen and oxygen atoms in total. The van der Waals surface area contributed by atoms with Crippen LogP contribution < -0.4 is 0 Å². The molecule has 0 aliphatic heterocycles. The number of imidazole rings is 1. The second-order valence-corrected chi connectivity index (χ2v) is 4.93. The van der Waals surface area contributed by atoms with Gasteiger partial charge in [-0.25, -0.2) is 4.98 Å². The van der Waals surface area contributed by atoms with Gasteiger partial charge in [0.05, 0.1) is 21.8 Å². The Hall–Kier alpha value is -1.46. The van der Waals surface area contributed by atoms with E-state index in [0.29, 0.717) is 16.7 Å². The van der Waals surface area contributed by atoms with E-state index in [0.717, 1.165) is 11.0 Å². The minimum Gasteiger partial charge on any atom is -0.481 e. The molecule has 0 aliphatic rings. The largest absolute Gasteiger partial charge is 0.481 e.